The van der Waals surface area contributed by atoms with E-state index < -0.39 is 5.91 Å². The molecule has 0 bridgehead atoms. The van der Waals surface area contributed by atoms with Crippen molar-refractivity contribution in [3.63, 3.8) is 0 Å². The highest BCUT2D eigenvalue weighted by Crippen LogP contribution is 2.22. The Balaban J connectivity index is 3.63. The van der Waals surface area contributed by atoms with Crippen LogP contribution in [0.2, 0.25) is 0 Å². The van der Waals surface area contributed by atoms with Crippen LogP contribution in [-0.2, 0) is 0 Å². The minimum absolute atomic E-state index is 0.379. The van der Waals surface area contributed by atoms with Crippen LogP contribution in [0.25, 0.3) is 0 Å². The maximum absolute atomic E-state index is 10.5. The van der Waals surface area contributed by atoms with Gasteiger partial charge in [-0.15, -0.1) is 0 Å². The van der Waals surface area contributed by atoms with Gasteiger partial charge in [-0.25, -0.2) is 0 Å². The second-order valence-electron chi connectivity index (χ2n) is 14.4. The highest BCUT2D eigenvalue weighted by molar-refractivity contribution is 4.54. The predicted octanol–water partition coefficient (Wildman–Crippen LogP) is 12.6. The molecule has 0 aromatic rings. The molecule has 254 valence electrons. The third-order valence-corrected chi connectivity index (χ3v) is 10.0. The van der Waals surface area contributed by atoms with Crippen LogP contribution < -0.4 is 0 Å². The van der Waals surface area contributed by atoms with Gasteiger partial charge in [0.05, 0.1) is 20.1 Å². The molecule has 0 saturated heterocycles. The maximum atomic E-state index is 10.5. The summed E-state index contributed by atoms with van der Waals surface area (Å²) in [5.41, 5.74) is 0. The Kier molecular flexibility index (Phi) is 30.8. The lowest BCUT2D eigenvalue weighted by Crippen LogP contribution is -2.61. The van der Waals surface area contributed by atoms with Crippen molar-refractivity contribution >= 4 is 0 Å². The fourth-order valence-electron chi connectivity index (χ4n) is 6.55. The zero-order chi connectivity index (χ0) is 31.0. The molecule has 3 heteroatoms. The Hall–Kier alpha value is -0.120. The summed E-state index contributed by atoms with van der Waals surface area (Å²) in [6.07, 6.45) is 44.0. The van der Waals surface area contributed by atoms with Crippen LogP contribution >= 0.6 is 0 Å². The summed E-state index contributed by atoms with van der Waals surface area (Å²) in [6, 6.07) is 0. The van der Waals surface area contributed by atoms with Gasteiger partial charge in [-0.2, -0.15) is 0 Å². The number of nitrogens with zero attached hydrogens (tertiary/aromatic N) is 1. The van der Waals surface area contributed by atoms with Crippen LogP contribution in [0.1, 0.15) is 226 Å². The van der Waals surface area contributed by atoms with Crippen molar-refractivity contribution < 1.29 is 14.7 Å². The van der Waals surface area contributed by atoms with E-state index in [-0.39, 0.29) is 0 Å². The fraction of sp³-hybridized carbons (Fsp3) is 1.00. The van der Waals surface area contributed by atoms with E-state index in [1.165, 1.54) is 193 Å². The van der Waals surface area contributed by atoms with Crippen molar-refractivity contribution in [1.29, 1.82) is 0 Å². The monoisotopic (exact) mass is 597 g/mol. The van der Waals surface area contributed by atoms with Gasteiger partial charge in [-0.1, -0.05) is 194 Å². The Labute approximate surface area is 266 Å². The van der Waals surface area contributed by atoms with Gasteiger partial charge in [-0.3, -0.25) is 4.48 Å². The van der Waals surface area contributed by atoms with Crippen LogP contribution in [0.4, 0.5) is 0 Å². The first-order valence-corrected chi connectivity index (χ1v) is 19.7. The third kappa shape index (κ3) is 27.4. The molecule has 0 aliphatic rings. The normalized spacial score (nSPS) is 12.4. The number of hydrogen-bond donors (Lipinski definition) is 2. The molecular weight excluding hydrogens is 514 g/mol. The quantitative estimate of drug-likeness (QED) is 0.0434. The summed E-state index contributed by atoms with van der Waals surface area (Å²) in [5, 5.41) is 21.0. The second-order valence-corrected chi connectivity index (χ2v) is 14.4. The van der Waals surface area contributed by atoms with Crippen LogP contribution in [-0.4, -0.2) is 40.7 Å². The molecule has 0 aromatic heterocycles. The second kappa shape index (κ2) is 30.9. The smallest absolute Gasteiger partial charge is 0.310 e. The van der Waals surface area contributed by atoms with Gasteiger partial charge in [0.15, 0.2) is 0 Å². The Bertz CT molecular complexity index is 479. The zero-order valence-electron chi connectivity index (χ0n) is 29.9. The first-order valence-electron chi connectivity index (χ1n) is 19.7. The van der Waals surface area contributed by atoms with Gasteiger partial charge >= 0.3 is 5.91 Å². The van der Waals surface area contributed by atoms with Crippen LogP contribution in [0.15, 0.2) is 0 Å². The highest BCUT2D eigenvalue weighted by atomic mass is 16.5. The number of aliphatic hydroxyl groups is 2. The van der Waals surface area contributed by atoms with Gasteiger partial charge in [0, 0.05) is 6.92 Å². The molecule has 0 unspecified atom stereocenters. The van der Waals surface area contributed by atoms with Crippen molar-refractivity contribution in [2.24, 2.45) is 0 Å². The number of rotatable bonds is 35. The zero-order valence-corrected chi connectivity index (χ0v) is 29.9. The molecule has 0 heterocycles. The van der Waals surface area contributed by atoms with E-state index in [0.717, 1.165) is 25.9 Å². The molecular formula is C39H82NO2+. The summed E-state index contributed by atoms with van der Waals surface area (Å²) >= 11 is 0. The van der Waals surface area contributed by atoms with Crippen molar-refractivity contribution in [2.45, 2.75) is 232 Å². The van der Waals surface area contributed by atoms with Gasteiger partial charge in [-0.05, 0) is 25.7 Å². The van der Waals surface area contributed by atoms with E-state index in [1.807, 2.05) is 0 Å². The molecule has 0 aromatic carbocycles. The third-order valence-electron chi connectivity index (χ3n) is 10.0. The van der Waals surface area contributed by atoms with Crippen LogP contribution in [0.3, 0.4) is 0 Å². The average Bonchev–Trinajstić information content (AvgIpc) is 2.96. The molecule has 0 atom stereocenters. The minimum Gasteiger partial charge on any atom is -0.319 e. The van der Waals surface area contributed by atoms with E-state index in [2.05, 4.69) is 20.9 Å². The van der Waals surface area contributed by atoms with Gasteiger partial charge < -0.3 is 10.2 Å². The molecule has 0 rings (SSSR count). The molecule has 0 saturated carbocycles. The SMILES string of the molecule is CCCCCCCCCCCCCCCCCC[N+](C)(CCCCCCCCCCCCCCCCCC)C(C)(O)O. The maximum Gasteiger partial charge on any atom is 0.310 e. The van der Waals surface area contributed by atoms with E-state index in [1.54, 1.807) is 6.92 Å². The van der Waals surface area contributed by atoms with Gasteiger partial charge in [0.2, 0.25) is 0 Å². The average molecular weight is 597 g/mol. The molecule has 0 fully saturated rings. The van der Waals surface area contributed by atoms with E-state index in [0.29, 0.717) is 4.48 Å². The Morgan fingerprint density at radius 3 is 0.667 bits per heavy atom. The first-order chi connectivity index (χ1) is 20.4. The number of hydrogen-bond acceptors (Lipinski definition) is 2. The summed E-state index contributed by atoms with van der Waals surface area (Å²) in [5.74, 6) is -1.63. The summed E-state index contributed by atoms with van der Waals surface area (Å²) in [7, 11) is 2.05. The molecule has 0 amide bonds. The first kappa shape index (κ1) is 41.9. The van der Waals surface area contributed by atoms with Crippen molar-refractivity contribution in [3.05, 3.63) is 0 Å². The molecule has 0 aliphatic carbocycles. The van der Waals surface area contributed by atoms with Crippen molar-refractivity contribution in [1.82, 2.24) is 0 Å². The van der Waals surface area contributed by atoms with E-state index >= 15 is 0 Å². The summed E-state index contributed by atoms with van der Waals surface area (Å²) in [6.45, 7) is 7.93. The fourth-order valence-corrected chi connectivity index (χ4v) is 6.55. The standard InChI is InChI=1S/C39H82NO2/c1-5-7-9-11-13-15-17-19-21-23-25-27-29-31-33-35-37-40(4,39(3,41)42)38-36-34-32-30-28-26-24-22-20-18-16-14-12-10-8-6-2/h41-42H,5-38H2,1-4H3/q+1. The van der Waals surface area contributed by atoms with Crippen LogP contribution in [0.5, 0.6) is 0 Å². The number of quaternary nitrogens is 1. The highest BCUT2D eigenvalue weighted by Gasteiger charge is 2.39. The topological polar surface area (TPSA) is 40.5 Å². The molecule has 0 radical (unpaired) electrons. The summed E-state index contributed by atoms with van der Waals surface area (Å²) < 4.78 is 0.379. The molecule has 42 heavy (non-hydrogen) atoms. The van der Waals surface area contributed by atoms with E-state index in [9.17, 15) is 10.2 Å². The predicted molar refractivity (Wildman–Crippen MR) is 188 cm³/mol. The largest absolute Gasteiger partial charge is 0.319 e. The molecule has 0 aliphatic heterocycles. The Morgan fingerprint density at radius 2 is 0.500 bits per heavy atom. The lowest BCUT2D eigenvalue weighted by atomic mass is 10.0. The van der Waals surface area contributed by atoms with Crippen molar-refractivity contribution in [3.8, 4) is 0 Å². The molecule has 0 spiro atoms. The van der Waals surface area contributed by atoms with Gasteiger partial charge in [0.1, 0.15) is 0 Å². The molecule has 3 nitrogen and oxygen atoms in total. The lowest BCUT2D eigenvalue weighted by molar-refractivity contribution is -1.01. The number of unbranched alkanes of at least 4 members (excludes halogenated alkanes) is 30. The minimum atomic E-state index is -1.63. The van der Waals surface area contributed by atoms with Crippen LogP contribution in [0, 0.1) is 0 Å². The Morgan fingerprint density at radius 1 is 0.333 bits per heavy atom. The lowest BCUT2D eigenvalue weighted by Gasteiger charge is -2.42. The molecule has 2 N–H and O–H groups in total. The van der Waals surface area contributed by atoms with Crippen molar-refractivity contribution in [2.75, 3.05) is 20.1 Å². The van der Waals surface area contributed by atoms with Gasteiger partial charge in [0.25, 0.3) is 0 Å². The summed E-state index contributed by atoms with van der Waals surface area (Å²) in [4.78, 5) is 0. The van der Waals surface area contributed by atoms with E-state index in [4.69, 9.17) is 0 Å².